The van der Waals surface area contributed by atoms with E-state index in [4.69, 9.17) is 23.2 Å². The maximum atomic E-state index is 12.7. The molecule has 0 radical (unpaired) electrons. The molecule has 0 aromatic heterocycles. The second-order valence-corrected chi connectivity index (χ2v) is 8.57. The van der Waals surface area contributed by atoms with E-state index >= 15 is 0 Å². The van der Waals surface area contributed by atoms with E-state index in [2.05, 4.69) is 4.99 Å². The molecule has 2 aromatic carbocycles. The van der Waals surface area contributed by atoms with Crippen molar-refractivity contribution >= 4 is 45.0 Å². The fourth-order valence-corrected chi connectivity index (χ4v) is 4.19. The van der Waals surface area contributed by atoms with E-state index in [0.29, 0.717) is 10.6 Å². The Morgan fingerprint density at radius 2 is 1.68 bits per heavy atom. The van der Waals surface area contributed by atoms with Crippen LogP contribution in [0.2, 0.25) is 0 Å². The molecule has 0 atom stereocenters. The molecule has 0 spiro atoms. The minimum Gasteiger partial charge on any atom is -0.267 e. The molecule has 1 aliphatic heterocycles. The number of sulfone groups is 1. The zero-order chi connectivity index (χ0) is 16.0. The molecular weight excluding hydrogens is 345 g/mol. The van der Waals surface area contributed by atoms with Gasteiger partial charge in [0.05, 0.1) is 10.3 Å². The number of halogens is 2. The minimum absolute atomic E-state index is 0.0683. The van der Waals surface area contributed by atoms with E-state index < -0.39 is 19.4 Å². The molecule has 0 fully saturated rings. The third-order valence-corrected chi connectivity index (χ3v) is 6.71. The number of benzene rings is 2. The maximum absolute atomic E-state index is 12.7. The first-order valence-electron chi connectivity index (χ1n) is 6.25. The Labute approximate surface area is 136 Å². The Morgan fingerprint density at radius 1 is 1.00 bits per heavy atom. The first-order valence-corrected chi connectivity index (χ1v) is 8.49. The van der Waals surface area contributed by atoms with Crippen molar-refractivity contribution in [2.75, 3.05) is 0 Å². The standard InChI is InChI=1S/C15H9Cl2NO3S/c16-15(17,11-4-2-1-3-5-11)22(20,21)12-6-7-13-10(8-12)9-14(19)18-13/h1-9H. The first-order chi connectivity index (χ1) is 10.3. The van der Waals surface area contributed by atoms with Crippen LogP contribution in [0.3, 0.4) is 0 Å². The van der Waals surface area contributed by atoms with Gasteiger partial charge in [-0.25, -0.2) is 13.4 Å². The SMILES string of the molecule is O=C1C=c2cc(S(=O)(=O)C(Cl)(Cl)c3ccccc3)ccc2=N1. The van der Waals surface area contributed by atoms with Gasteiger partial charge in [-0.15, -0.1) is 0 Å². The lowest BCUT2D eigenvalue weighted by Crippen LogP contribution is -2.28. The largest absolute Gasteiger partial charge is 0.270 e. The predicted octanol–water partition coefficient (Wildman–Crippen LogP) is 1.69. The summed E-state index contributed by atoms with van der Waals surface area (Å²) in [6.45, 7) is 0. The van der Waals surface area contributed by atoms with Crippen molar-refractivity contribution in [1.82, 2.24) is 0 Å². The van der Waals surface area contributed by atoms with Crippen LogP contribution in [0.1, 0.15) is 5.56 Å². The van der Waals surface area contributed by atoms with Gasteiger partial charge in [-0.05, 0) is 18.2 Å². The van der Waals surface area contributed by atoms with Crippen molar-refractivity contribution in [2.24, 2.45) is 4.99 Å². The van der Waals surface area contributed by atoms with Gasteiger partial charge in [-0.1, -0.05) is 53.5 Å². The lowest BCUT2D eigenvalue weighted by molar-refractivity contribution is -0.112. The summed E-state index contributed by atoms with van der Waals surface area (Å²) in [6, 6.07) is 12.3. The van der Waals surface area contributed by atoms with E-state index in [0.717, 1.165) is 0 Å². The number of fused-ring (bicyclic) bond motifs is 1. The molecule has 7 heteroatoms. The fourth-order valence-electron chi connectivity index (χ4n) is 2.14. The Bertz CT molecular complexity index is 983. The van der Waals surface area contributed by atoms with E-state index in [1.165, 1.54) is 36.4 Å². The third-order valence-electron chi connectivity index (χ3n) is 3.27. The summed E-state index contributed by atoms with van der Waals surface area (Å²) >= 11 is 12.3. The summed E-state index contributed by atoms with van der Waals surface area (Å²) in [5.41, 5.74) is 0.253. The van der Waals surface area contributed by atoms with Crippen molar-refractivity contribution in [3.05, 3.63) is 64.7 Å². The van der Waals surface area contributed by atoms with Crippen LogP contribution in [0.25, 0.3) is 6.08 Å². The van der Waals surface area contributed by atoms with Crippen LogP contribution in [0.15, 0.2) is 58.4 Å². The molecule has 1 amide bonds. The van der Waals surface area contributed by atoms with Crippen LogP contribution < -0.4 is 10.6 Å². The lowest BCUT2D eigenvalue weighted by Gasteiger charge is -2.20. The number of carbonyl (C=O) groups excluding carboxylic acids is 1. The molecule has 1 aliphatic rings. The lowest BCUT2D eigenvalue weighted by atomic mass is 10.2. The Kier molecular flexibility index (Phi) is 3.59. The van der Waals surface area contributed by atoms with Gasteiger partial charge in [0.15, 0.2) is 0 Å². The summed E-state index contributed by atoms with van der Waals surface area (Å²) in [6.07, 6.45) is 1.26. The van der Waals surface area contributed by atoms with Crippen LogP contribution >= 0.6 is 23.2 Å². The van der Waals surface area contributed by atoms with Gasteiger partial charge in [-0.3, -0.25) is 4.79 Å². The first kappa shape index (κ1) is 15.2. The van der Waals surface area contributed by atoms with Crippen LogP contribution in [-0.4, -0.2) is 14.3 Å². The van der Waals surface area contributed by atoms with Gasteiger partial charge >= 0.3 is 0 Å². The van der Waals surface area contributed by atoms with Crippen LogP contribution in [0.5, 0.6) is 0 Å². The molecule has 0 aliphatic carbocycles. The summed E-state index contributed by atoms with van der Waals surface area (Å²) in [5, 5.41) is 0.863. The van der Waals surface area contributed by atoms with Crippen molar-refractivity contribution < 1.29 is 13.2 Å². The summed E-state index contributed by atoms with van der Waals surface area (Å²) in [7, 11) is -4.07. The van der Waals surface area contributed by atoms with Gasteiger partial charge in [0, 0.05) is 16.9 Å². The number of alkyl halides is 2. The van der Waals surface area contributed by atoms with Crippen LogP contribution in [0.4, 0.5) is 0 Å². The number of hydrogen-bond donors (Lipinski definition) is 0. The fraction of sp³-hybridized carbons (Fsp3) is 0.0667. The Morgan fingerprint density at radius 3 is 2.36 bits per heavy atom. The van der Waals surface area contributed by atoms with Crippen molar-refractivity contribution in [3.8, 4) is 0 Å². The molecule has 3 rings (SSSR count). The van der Waals surface area contributed by atoms with Gasteiger partial charge in [0.2, 0.25) is 13.5 Å². The highest BCUT2D eigenvalue weighted by atomic mass is 35.5. The number of nitrogens with zero attached hydrogens (tertiary/aromatic N) is 1. The normalized spacial score (nSPS) is 14.2. The van der Waals surface area contributed by atoms with Gasteiger partial charge in [0.1, 0.15) is 0 Å². The number of rotatable bonds is 3. The predicted molar refractivity (Wildman–Crippen MR) is 83.7 cm³/mol. The van der Waals surface area contributed by atoms with Crippen molar-refractivity contribution in [2.45, 2.75) is 8.56 Å². The summed E-state index contributed by atoms with van der Waals surface area (Å²) in [4.78, 5) is 14.9. The summed E-state index contributed by atoms with van der Waals surface area (Å²) < 4.78 is 23.4. The van der Waals surface area contributed by atoms with Gasteiger partial charge in [-0.2, -0.15) is 0 Å². The zero-order valence-electron chi connectivity index (χ0n) is 11.0. The highest BCUT2D eigenvalue weighted by Crippen LogP contribution is 2.42. The quantitative estimate of drug-likeness (QED) is 0.788. The van der Waals surface area contributed by atoms with Crippen molar-refractivity contribution in [3.63, 3.8) is 0 Å². The number of amides is 1. The topological polar surface area (TPSA) is 63.6 Å². The highest BCUT2D eigenvalue weighted by Gasteiger charge is 2.43. The molecule has 112 valence electrons. The molecule has 0 saturated heterocycles. The second-order valence-electron chi connectivity index (χ2n) is 4.70. The van der Waals surface area contributed by atoms with Crippen LogP contribution in [0, 0.1) is 0 Å². The maximum Gasteiger partial charge on any atom is 0.270 e. The number of hydrogen-bond acceptors (Lipinski definition) is 3. The smallest absolute Gasteiger partial charge is 0.267 e. The van der Waals surface area contributed by atoms with E-state index in [1.807, 2.05) is 0 Å². The molecule has 22 heavy (non-hydrogen) atoms. The van der Waals surface area contributed by atoms with E-state index in [1.54, 1.807) is 18.2 Å². The van der Waals surface area contributed by atoms with E-state index in [-0.39, 0.29) is 10.5 Å². The minimum atomic E-state index is -4.07. The van der Waals surface area contributed by atoms with Gasteiger partial charge < -0.3 is 0 Å². The molecule has 2 aromatic rings. The van der Waals surface area contributed by atoms with Crippen molar-refractivity contribution in [1.29, 1.82) is 0 Å². The monoisotopic (exact) mass is 353 g/mol. The average Bonchev–Trinajstić information content (AvgIpc) is 2.87. The second kappa shape index (κ2) is 5.19. The van der Waals surface area contributed by atoms with E-state index in [9.17, 15) is 13.2 Å². The highest BCUT2D eigenvalue weighted by molar-refractivity contribution is 7.95. The zero-order valence-corrected chi connectivity index (χ0v) is 13.4. The molecule has 0 bridgehead atoms. The molecule has 0 N–H and O–H groups in total. The molecule has 1 heterocycles. The average molecular weight is 354 g/mol. The summed E-state index contributed by atoms with van der Waals surface area (Å²) in [5.74, 6) is -0.421. The Balaban J connectivity index is 2.16. The van der Waals surface area contributed by atoms with Crippen LogP contribution in [-0.2, 0) is 18.3 Å². The third kappa shape index (κ3) is 2.35. The molecule has 4 nitrogen and oxygen atoms in total. The Hall–Kier alpha value is -1.69. The number of carbonyl (C=O) groups is 1. The molecule has 0 unspecified atom stereocenters. The molecular formula is C15H9Cl2NO3S. The molecule has 0 saturated carbocycles. The van der Waals surface area contributed by atoms with Gasteiger partial charge in [0.25, 0.3) is 5.91 Å².